The van der Waals surface area contributed by atoms with Gasteiger partial charge in [-0.2, -0.15) is 0 Å². The Hall–Kier alpha value is 0.190. The fraction of sp³-hybridized carbons (Fsp3) is 0.417. The number of halogens is 3. The molecule has 0 spiro atoms. The lowest BCUT2D eigenvalue weighted by atomic mass is 10.2. The summed E-state index contributed by atoms with van der Waals surface area (Å²) >= 11 is 11.7. The zero-order valence-corrected chi connectivity index (χ0v) is 13.8. The van der Waals surface area contributed by atoms with Crippen molar-refractivity contribution in [2.45, 2.75) is 19.3 Å². The molecule has 0 radical (unpaired) electrons. The number of benzene rings is 1. The van der Waals surface area contributed by atoms with Gasteiger partial charge in [0.05, 0.1) is 10.6 Å². The first-order valence-corrected chi connectivity index (χ1v) is 8.14. The molecule has 0 unspecified atom stereocenters. The molecule has 0 aromatic heterocycles. The van der Waals surface area contributed by atoms with Gasteiger partial charge in [0.2, 0.25) is 0 Å². The van der Waals surface area contributed by atoms with Gasteiger partial charge >= 0.3 is 0 Å². The van der Waals surface area contributed by atoms with Crippen LogP contribution in [0.5, 0.6) is 0 Å². The molecule has 0 heterocycles. The van der Waals surface area contributed by atoms with Crippen LogP contribution in [0.15, 0.2) is 22.7 Å². The smallest absolute Gasteiger partial charge is 0.252 e. The Morgan fingerprint density at radius 2 is 2.12 bits per heavy atom. The van der Waals surface area contributed by atoms with Crippen LogP contribution in [0, 0.1) is 0 Å². The van der Waals surface area contributed by atoms with Crippen molar-refractivity contribution < 1.29 is 4.79 Å². The number of amides is 1. The Kier molecular flexibility index (Phi) is 7.46. The van der Waals surface area contributed by atoms with Crippen LogP contribution >= 0.6 is 50.1 Å². The number of nitrogens with one attached hydrogen (secondary N) is 1. The molecule has 0 saturated carbocycles. The van der Waals surface area contributed by atoms with Crippen molar-refractivity contribution in [1.82, 2.24) is 5.32 Å². The van der Waals surface area contributed by atoms with Crippen LogP contribution in [0.2, 0.25) is 5.02 Å². The second kappa shape index (κ2) is 8.32. The molecular weight excluding hydrogens is 416 g/mol. The van der Waals surface area contributed by atoms with Crippen molar-refractivity contribution in [2.75, 3.05) is 11.0 Å². The van der Waals surface area contributed by atoms with E-state index in [9.17, 15) is 4.79 Å². The van der Waals surface area contributed by atoms with Crippen molar-refractivity contribution in [3.05, 3.63) is 33.3 Å². The van der Waals surface area contributed by atoms with Gasteiger partial charge in [0, 0.05) is 11.0 Å². The molecule has 0 aliphatic heterocycles. The van der Waals surface area contributed by atoms with Crippen LogP contribution in [0.3, 0.4) is 0 Å². The molecule has 1 rings (SSSR count). The molecule has 1 N–H and O–H groups in total. The van der Waals surface area contributed by atoms with Crippen LogP contribution in [-0.2, 0) is 0 Å². The van der Waals surface area contributed by atoms with Gasteiger partial charge in [0.15, 0.2) is 0 Å². The fourth-order valence-electron chi connectivity index (χ4n) is 1.37. The maximum Gasteiger partial charge on any atom is 0.252 e. The number of alkyl halides is 1. The van der Waals surface area contributed by atoms with E-state index in [0.29, 0.717) is 17.1 Å². The Balaban J connectivity index is 2.42. The molecule has 0 aliphatic carbocycles. The summed E-state index contributed by atoms with van der Waals surface area (Å²) in [5.41, 5.74) is 0.531. The van der Waals surface area contributed by atoms with Crippen LogP contribution < -0.4 is 5.32 Å². The largest absolute Gasteiger partial charge is 0.352 e. The maximum absolute atomic E-state index is 11.8. The quantitative estimate of drug-likeness (QED) is 0.404. The normalized spacial score (nSPS) is 10.3. The summed E-state index contributed by atoms with van der Waals surface area (Å²) in [7, 11) is 0. The Bertz CT molecular complexity index is 387. The number of hydrogen-bond donors (Lipinski definition) is 1. The average molecular weight is 431 g/mol. The second-order valence-electron chi connectivity index (χ2n) is 3.63. The van der Waals surface area contributed by atoms with Crippen LogP contribution in [-0.4, -0.2) is 16.9 Å². The minimum atomic E-state index is -0.100. The molecule has 17 heavy (non-hydrogen) atoms. The van der Waals surface area contributed by atoms with Crippen molar-refractivity contribution in [3.63, 3.8) is 0 Å². The third-order valence-corrected chi connectivity index (χ3v) is 3.84. The van der Waals surface area contributed by atoms with E-state index < -0.39 is 0 Å². The summed E-state index contributed by atoms with van der Waals surface area (Å²) in [5, 5.41) is 3.35. The molecule has 0 aliphatic rings. The summed E-state index contributed by atoms with van der Waals surface area (Å²) in [4.78, 5) is 11.8. The van der Waals surface area contributed by atoms with Gasteiger partial charge < -0.3 is 5.32 Å². The molecule has 0 saturated heterocycles. The van der Waals surface area contributed by atoms with E-state index in [4.69, 9.17) is 11.6 Å². The molecule has 0 bridgehead atoms. The lowest BCUT2D eigenvalue weighted by Gasteiger charge is -2.06. The molecule has 0 fully saturated rings. The van der Waals surface area contributed by atoms with Crippen molar-refractivity contribution >= 4 is 56.0 Å². The zero-order chi connectivity index (χ0) is 12.7. The van der Waals surface area contributed by atoms with E-state index in [-0.39, 0.29) is 5.91 Å². The molecule has 1 amide bonds. The summed E-state index contributed by atoms with van der Waals surface area (Å²) in [6.07, 6.45) is 3.37. The Labute approximate surface area is 129 Å². The Morgan fingerprint density at radius 1 is 1.35 bits per heavy atom. The number of rotatable bonds is 6. The molecular formula is C12H14BrClINO. The van der Waals surface area contributed by atoms with Crippen LogP contribution in [0.1, 0.15) is 29.6 Å². The van der Waals surface area contributed by atoms with Crippen molar-refractivity contribution in [2.24, 2.45) is 0 Å². The highest BCUT2D eigenvalue weighted by molar-refractivity contribution is 14.1. The first-order chi connectivity index (χ1) is 8.15. The number of hydrogen-bond acceptors (Lipinski definition) is 1. The molecule has 1 aromatic carbocycles. The van der Waals surface area contributed by atoms with Gasteiger partial charge in [-0.25, -0.2) is 0 Å². The highest BCUT2D eigenvalue weighted by atomic mass is 127. The van der Waals surface area contributed by atoms with E-state index in [1.807, 2.05) is 6.07 Å². The van der Waals surface area contributed by atoms with Gasteiger partial charge in [-0.15, -0.1) is 0 Å². The maximum atomic E-state index is 11.8. The third kappa shape index (κ3) is 5.57. The van der Waals surface area contributed by atoms with Crippen molar-refractivity contribution in [3.8, 4) is 0 Å². The topological polar surface area (TPSA) is 29.1 Å². The van der Waals surface area contributed by atoms with Crippen LogP contribution in [0.4, 0.5) is 0 Å². The predicted octanol–water partition coefficient (Wildman–Crippen LogP) is 4.44. The highest BCUT2D eigenvalue weighted by Gasteiger charge is 2.09. The van der Waals surface area contributed by atoms with Gasteiger partial charge in [0.25, 0.3) is 5.91 Å². The molecule has 5 heteroatoms. The van der Waals surface area contributed by atoms with Crippen LogP contribution in [0.25, 0.3) is 0 Å². The van der Waals surface area contributed by atoms with E-state index in [2.05, 4.69) is 43.8 Å². The average Bonchev–Trinajstić information content (AvgIpc) is 2.28. The predicted molar refractivity (Wildman–Crippen MR) is 84.2 cm³/mol. The van der Waals surface area contributed by atoms with E-state index in [1.54, 1.807) is 12.1 Å². The SMILES string of the molecule is O=C(NCCCCCI)c1ccc(Br)cc1Cl. The molecule has 94 valence electrons. The van der Waals surface area contributed by atoms with Gasteiger partial charge in [-0.05, 0) is 35.5 Å². The first-order valence-electron chi connectivity index (χ1n) is 5.44. The first kappa shape index (κ1) is 15.2. The van der Waals surface area contributed by atoms with Gasteiger partial charge in [-0.1, -0.05) is 56.5 Å². The minimum absolute atomic E-state index is 0.100. The summed E-state index contributed by atoms with van der Waals surface area (Å²) < 4.78 is 2.05. The van der Waals surface area contributed by atoms with E-state index in [1.165, 1.54) is 10.8 Å². The molecule has 0 atom stereocenters. The molecule has 2 nitrogen and oxygen atoms in total. The second-order valence-corrected chi connectivity index (χ2v) is 6.03. The number of carbonyl (C=O) groups excluding carboxylic acids is 1. The van der Waals surface area contributed by atoms with Gasteiger partial charge in [-0.3, -0.25) is 4.79 Å². The summed E-state index contributed by atoms with van der Waals surface area (Å²) in [6.45, 7) is 0.710. The number of unbranched alkanes of at least 4 members (excludes halogenated alkanes) is 2. The zero-order valence-electron chi connectivity index (χ0n) is 9.31. The fourth-order valence-corrected chi connectivity index (χ4v) is 2.67. The summed E-state index contributed by atoms with van der Waals surface area (Å²) in [5.74, 6) is -0.100. The lowest BCUT2D eigenvalue weighted by molar-refractivity contribution is 0.0953. The lowest BCUT2D eigenvalue weighted by Crippen LogP contribution is -2.24. The monoisotopic (exact) mass is 429 g/mol. The van der Waals surface area contributed by atoms with E-state index in [0.717, 1.165) is 17.3 Å². The summed E-state index contributed by atoms with van der Waals surface area (Å²) in [6, 6.07) is 5.27. The molecule has 1 aromatic rings. The minimum Gasteiger partial charge on any atom is -0.352 e. The Morgan fingerprint density at radius 3 is 2.76 bits per heavy atom. The number of carbonyl (C=O) groups is 1. The standard InChI is InChI=1S/C12H14BrClINO/c13-9-4-5-10(11(14)8-9)12(17)16-7-3-1-2-6-15/h4-5,8H,1-3,6-7H2,(H,16,17). The van der Waals surface area contributed by atoms with Crippen molar-refractivity contribution in [1.29, 1.82) is 0 Å². The van der Waals surface area contributed by atoms with Gasteiger partial charge in [0.1, 0.15) is 0 Å². The third-order valence-electron chi connectivity index (χ3n) is 2.27. The highest BCUT2D eigenvalue weighted by Crippen LogP contribution is 2.21. The van der Waals surface area contributed by atoms with E-state index >= 15 is 0 Å².